The Kier molecular flexibility index (Phi) is 3.99. The lowest BCUT2D eigenvalue weighted by atomic mass is 9.92. The summed E-state index contributed by atoms with van der Waals surface area (Å²) in [6, 6.07) is 18.7. The Hall–Kier alpha value is -5.12. The fourth-order valence-electron chi connectivity index (χ4n) is 4.26. The zero-order valence-electron chi connectivity index (χ0n) is 17.2. The fraction of sp³-hybridized carbons (Fsp3) is 0. The number of nitro benzene ring substituents is 1. The number of carbonyl (C=O) groups is 2. The second kappa shape index (κ2) is 6.94. The molecule has 1 N–H and O–H groups in total. The lowest BCUT2D eigenvalue weighted by Gasteiger charge is -2.27. The largest absolute Gasteiger partial charge is 0.506 e. The van der Waals surface area contributed by atoms with Gasteiger partial charge in [-0.3, -0.25) is 19.7 Å². The predicted molar refractivity (Wildman–Crippen MR) is 122 cm³/mol. The molecule has 10 heteroatoms. The number of rotatable bonds is 3. The van der Waals surface area contributed by atoms with Crippen LogP contribution < -0.4 is 4.90 Å². The summed E-state index contributed by atoms with van der Waals surface area (Å²) in [5.74, 6) is -1.51. The zero-order valence-corrected chi connectivity index (χ0v) is 17.2. The van der Waals surface area contributed by atoms with Crippen LogP contribution in [0.25, 0.3) is 27.5 Å². The number of amides is 2. The summed E-state index contributed by atoms with van der Waals surface area (Å²) in [5, 5.41) is 31.3. The maximum atomic E-state index is 13.3. The van der Waals surface area contributed by atoms with E-state index in [0.29, 0.717) is 11.0 Å². The van der Waals surface area contributed by atoms with Crippen molar-refractivity contribution in [3.05, 3.63) is 94.0 Å². The van der Waals surface area contributed by atoms with E-state index in [1.54, 1.807) is 12.1 Å². The number of aromatic nitrogens is 3. The Morgan fingerprint density at radius 3 is 2.15 bits per heavy atom. The molecule has 0 unspecified atom stereocenters. The van der Waals surface area contributed by atoms with Gasteiger partial charge in [0.1, 0.15) is 22.5 Å². The number of hydrogen-bond donors (Lipinski definition) is 1. The second-order valence-electron chi connectivity index (χ2n) is 7.71. The number of carbonyl (C=O) groups excluding carboxylic acids is 2. The predicted octanol–water partition coefficient (Wildman–Crippen LogP) is 3.99. The van der Waals surface area contributed by atoms with Crippen molar-refractivity contribution in [3.63, 3.8) is 0 Å². The van der Waals surface area contributed by atoms with Crippen molar-refractivity contribution in [1.29, 1.82) is 0 Å². The van der Waals surface area contributed by atoms with Crippen LogP contribution in [0.15, 0.2) is 72.8 Å². The van der Waals surface area contributed by atoms with E-state index in [1.807, 2.05) is 12.1 Å². The van der Waals surface area contributed by atoms with Crippen LogP contribution in [0.3, 0.4) is 0 Å². The van der Waals surface area contributed by atoms with Crippen LogP contribution in [0.5, 0.6) is 5.75 Å². The number of phenolic OH excluding ortho intramolecular Hbond substituents is 1. The first-order valence-electron chi connectivity index (χ1n) is 10.2. The quantitative estimate of drug-likeness (QED) is 0.249. The Bertz CT molecular complexity index is 1650. The van der Waals surface area contributed by atoms with Crippen LogP contribution in [0.1, 0.15) is 20.7 Å². The summed E-state index contributed by atoms with van der Waals surface area (Å²) >= 11 is 0. The summed E-state index contributed by atoms with van der Waals surface area (Å²) in [5.41, 5.74) is 1.86. The van der Waals surface area contributed by atoms with Crippen molar-refractivity contribution < 1.29 is 19.6 Å². The van der Waals surface area contributed by atoms with Crippen molar-refractivity contribution in [2.45, 2.75) is 0 Å². The number of anilines is 1. The maximum Gasteiger partial charge on any atom is 0.277 e. The number of hydrogen-bond acceptors (Lipinski definition) is 7. The average Bonchev–Trinajstić information content (AvgIpc) is 3.26. The lowest BCUT2D eigenvalue weighted by molar-refractivity contribution is -0.383. The molecule has 0 atom stereocenters. The number of phenols is 1. The van der Waals surface area contributed by atoms with Crippen molar-refractivity contribution in [1.82, 2.24) is 15.0 Å². The second-order valence-corrected chi connectivity index (χ2v) is 7.71. The monoisotopic (exact) mass is 451 g/mol. The van der Waals surface area contributed by atoms with Crippen molar-refractivity contribution in [3.8, 4) is 11.4 Å². The minimum atomic E-state index is -0.640. The molecule has 1 aliphatic heterocycles. The lowest BCUT2D eigenvalue weighted by Crippen LogP contribution is -2.40. The molecule has 1 aromatic heterocycles. The third-order valence-corrected chi connectivity index (χ3v) is 5.80. The van der Waals surface area contributed by atoms with E-state index >= 15 is 0 Å². The van der Waals surface area contributed by atoms with Crippen LogP contribution in [0.4, 0.5) is 11.4 Å². The normalized spacial score (nSPS) is 13.1. The molecule has 1 aliphatic rings. The van der Waals surface area contributed by atoms with E-state index in [9.17, 15) is 24.8 Å². The highest BCUT2D eigenvalue weighted by Gasteiger charge is 2.36. The molecular weight excluding hydrogens is 438 g/mol. The molecule has 0 saturated heterocycles. The first kappa shape index (κ1) is 19.6. The smallest absolute Gasteiger partial charge is 0.277 e. The summed E-state index contributed by atoms with van der Waals surface area (Å²) in [6.45, 7) is 0. The molecule has 0 fully saturated rings. The minimum absolute atomic E-state index is 0.147. The van der Waals surface area contributed by atoms with Gasteiger partial charge in [0, 0.05) is 28.6 Å². The number of nitrogens with zero attached hydrogens (tertiary/aromatic N) is 5. The summed E-state index contributed by atoms with van der Waals surface area (Å²) in [7, 11) is 0. The van der Waals surface area contributed by atoms with Crippen molar-refractivity contribution in [2.24, 2.45) is 0 Å². The molecule has 0 bridgehead atoms. The summed E-state index contributed by atoms with van der Waals surface area (Å²) in [6.07, 6.45) is 0. The van der Waals surface area contributed by atoms with Gasteiger partial charge in [-0.2, -0.15) is 0 Å². The molecule has 0 radical (unpaired) electrons. The van der Waals surface area contributed by atoms with Gasteiger partial charge in [-0.25, -0.2) is 4.90 Å². The van der Waals surface area contributed by atoms with Gasteiger partial charge in [0.2, 0.25) is 0 Å². The van der Waals surface area contributed by atoms with Gasteiger partial charge in [-0.05, 0) is 42.5 Å². The van der Waals surface area contributed by atoms with E-state index in [-0.39, 0.29) is 44.7 Å². The molecule has 34 heavy (non-hydrogen) atoms. The third-order valence-electron chi connectivity index (χ3n) is 5.80. The molecule has 0 aliphatic carbocycles. The number of non-ortho nitro benzene ring substituents is 1. The molecule has 10 nitrogen and oxygen atoms in total. The van der Waals surface area contributed by atoms with Gasteiger partial charge in [-0.15, -0.1) is 15.0 Å². The van der Waals surface area contributed by atoms with Gasteiger partial charge in [0.05, 0.1) is 16.0 Å². The Morgan fingerprint density at radius 1 is 0.824 bits per heavy atom. The molecule has 164 valence electrons. The third kappa shape index (κ3) is 2.69. The van der Waals surface area contributed by atoms with Gasteiger partial charge < -0.3 is 5.11 Å². The standard InChI is InChI=1S/C24H13N5O5/c30-21-12-13(8-10-20(21)28-25-17-6-1-2-7-18(17)26-28)27-23(31)15-5-3-4-14-19(29(33)34)11-9-16(22(14)15)24(27)32/h1-12,30H. The Morgan fingerprint density at radius 2 is 1.50 bits per heavy atom. The molecule has 2 heterocycles. The number of benzene rings is 4. The Labute approximate surface area is 190 Å². The zero-order chi connectivity index (χ0) is 23.6. The van der Waals surface area contributed by atoms with Crippen LogP contribution >= 0.6 is 0 Å². The highest BCUT2D eigenvalue weighted by atomic mass is 16.6. The van der Waals surface area contributed by atoms with Crippen LogP contribution in [-0.4, -0.2) is 36.8 Å². The maximum absolute atomic E-state index is 13.3. The topological polar surface area (TPSA) is 131 Å². The molecule has 4 aromatic carbocycles. The molecule has 6 rings (SSSR count). The number of fused-ring (bicyclic) bond motifs is 1. The van der Waals surface area contributed by atoms with Gasteiger partial charge in [-0.1, -0.05) is 18.2 Å². The minimum Gasteiger partial charge on any atom is -0.506 e. The van der Waals surface area contributed by atoms with Crippen molar-refractivity contribution >= 4 is 45.0 Å². The van der Waals surface area contributed by atoms with E-state index in [0.717, 1.165) is 4.90 Å². The number of aromatic hydroxyl groups is 1. The first-order valence-corrected chi connectivity index (χ1v) is 10.2. The molecule has 0 saturated carbocycles. The van der Waals surface area contributed by atoms with Gasteiger partial charge in [0.15, 0.2) is 0 Å². The number of imide groups is 1. The molecular formula is C24H13N5O5. The number of nitro groups is 1. The SMILES string of the molecule is O=C1c2cccc3c([N+](=O)[O-])ccc(c23)C(=O)N1c1ccc(-n2nc3ccccc3n2)c(O)c1. The highest BCUT2D eigenvalue weighted by Crippen LogP contribution is 2.38. The van der Waals surface area contributed by atoms with Crippen LogP contribution in [-0.2, 0) is 0 Å². The van der Waals surface area contributed by atoms with E-state index in [1.165, 1.54) is 53.3 Å². The molecule has 5 aromatic rings. The highest BCUT2D eigenvalue weighted by molar-refractivity contribution is 6.36. The van der Waals surface area contributed by atoms with E-state index in [2.05, 4.69) is 10.2 Å². The van der Waals surface area contributed by atoms with Crippen LogP contribution in [0, 0.1) is 10.1 Å². The van der Waals surface area contributed by atoms with Crippen molar-refractivity contribution in [2.75, 3.05) is 4.90 Å². The molecule has 0 spiro atoms. The fourth-order valence-corrected chi connectivity index (χ4v) is 4.26. The van der Waals surface area contributed by atoms with Gasteiger partial charge >= 0.3 is 0 Å². The van der Waals surface area contributed by atoms with Gasteiger partial charge in [0.25, 0.3) is 17.5 Å². The van der Waals surface area contributed by atoms with Crippen LogP contribution in [0.2, 0.25) is 0 Å². The first-order chi connectivity index (χ1) is 16.4. The van der Waals surface area contributed by atoms with E-state index < -0.39 is 16.7 Å². The van der Waals surface area contributed by atoms with E-state index in [4.69, 9.17) is 0 Å². The molecule has 2 amide bonds. The Balaban J connectivity index is 1.46. The summed E-state index contributed by atoms with van der Waals surface area (Å²) < 4.78 is 0. The summed E-state index contributed by atoms with van der Waals surface area (Å²) in [4.78, 5) is 39.7. The average molecular weight is 451 g/mol.